The van der Waals surface area contributed by atoms with Crippen molar-refractivity contribution < 1.29 is 19.4 Å². The highest BCUT2D eigenvalue weighted by Crippen LogP contribution is 2.25. The second-order valence-corrected chi connectivity index (χ2v) is 2.99. The molecule has 0 radical (unpaired) electrons. The maximum atomic E-state index is 13.0. The summed E-state index contributed by atoms with van der Waals surface area (Å²) in [6, 6.07) is 1.70. The van der Waals surface area contributed by atoms with Crippen LogP contribution in [-0.4, -0.2) is 16.2 Å². The lowest BCUT2D eigenvalue weighted by molar-refractivity contribution is 0.0692. The van der Waals surface area contributed by atoms with E-state index in [1.807, 2.05) is 0 Å². The van der Waals surface area contributed by atoms with Crippen LogP contribution in [0.5, 0.6) is 5.75 Å². The maximum Gasteiger partial charge on any atom is 0.339 e. The number of carboxylic acids is 1. The molecule has 4 N–H and O–H groups in total. The zero-order valence-corrected chi connectivity index (χ0v) is 7.49. The first-order valence-electron chi connectivity index (χ1n) is 3.94. The fraction of sp³-hybridized carbons (Fsp3) is 0.222. The van der Waals surface area contributed by atoms with Gasteiger partial charge in [-0.2, -0.15) is 0 Å². The van der Waals surface area contributed by atoms with Gasteiger partial charge in [-0.25, -0.2) is 9.18 Å². The van der Waals surface area contributed by atoms with Crippen LogP contribution in [0, 0.1) is 5.82 Å². The number of nitrogens with two attached hydrogens (primary N) is 1. The average molecular weight is 199 g/mol. The monoisotopic (exact) mass is 199 g/mol. The Bertz CT molecular complexity index is 377. The molecule has 14 heavy (non-hydrogen) atoms. The Morgan fingerprint density at radius 1 is 1.57 bits per heavy atom. The molecule has 0 aliphatic heterocycles. The van der Waals surface area contributed by atoms with Gasteiger partial charge in [0.2, 0.25) is 0 Å². The minimum atomic E-state index is -1.39. The zero-order chi connectivity index (χ0) is 10.9. The van der Waals surface area contributed by atoms with Crippen LogP contribution in [0.15, 0.2) is 12.1 Å². The minimum absolute atomic E-state index is 0.331. The summed E-state index contributed by atoms with van der Waals surface area (Å²) in [5.74, 6) is -3.22. The molecule has 0 fully saturated rings. The molecule has 0 bridgehead atoms. The van der Waals surface area contributed by atoms with E-state index in [9.17, 15) is 9.18 Å². The smallest absolute Gasteiger partial charge is 0.339 e. The van der Waals surface area contributed by atoms with Crippen LogP contribution in [0.1, 0.15) is 28.9 Å². The molecule has 1 atom stereocenters. The van der Waals surface area contributed by atoms with E-state index in [-0.39, 0.29) is 0 Å². The van der Waals surface area contributed by atoms with E-state index in [0.717, 1.165) is 12.1 Å². The van der Waals surface area contributed by atoms with Gasteiger partial charge in [-0.3, -0.25) is 0 Å². The molecule has 4 nitrogen and oxygen atoms in total. The van der Waals surface area contributed by atoms with Gasteiger partial charge in [-0.15, -0.1) is 0 Å². The third-order valence-corrected chi connectivity index (χ3v) is 1.84. The van der Waals surface area contributed by atoms with E-state index in [0.29, 0.717) is 5.56 Å². The number of aromatic carboxylic acids is 1. The van der Waals surface area contributed by atoms with Crippen molar-refractivity contribution in [3.8, 4) is 5.75 Å². The number of aromatic hydroxyl groups is 1. The van der Waals surface area contributed by atoms with Crippen LogP contribution in [0.25, 0.3) is 0 Å². The average Bonchev–Trinajstić information content (AvgIpc) is 2.08. The number of hydrogen-bond donors (Lipinski definition) is 3. The lowest BCUT2D eigenvalue weighted by Gasteiger charge is -2.08. The lowest BCUT2D eigenvalue weighted by Crippen LogP contribution is -2.08. The van der Waals surface area contributed by atoms with Crippen molar-refractivity contribution in [2.45, 2.75) is 13.0 Å². The first kappa shape index (κ1) is 10.5. The third-order valence-electron chi connectivity index (χ3n) is 1.84. The van der Waals surface area contributed by atoms with Crippen molar-refractivity contribution in [3.63, 3.8) is 0 Å². The predicted octanol–water partition coefficient (Wildman–Crippen LogP) is 1.25. The SMILES string of the molecule is CC(N)c1cc(F)c(O)c(C(=O)O)c1. The molecule has 0 aliphatic rings. The van der Waals surface area contributed by atoms with Crippen molar-refractivity contribution in [1.29, 1.82) is 0 Å². The molecule has 76 valence electrons. The maximum absolute atomic E-state index is 13.0. The van der Waals surface area contributed by atoms with Gasteiger partial charge in [0.05, 0.1) is 0 Å². The van der Waals surface area contributed by atoms with E-state index in [2.05, 4.69) is 0 Å². The summed E-state index contributed by atoms with van der Waals surface area (Å²) in [4.78, 5) is 10.6. The molecule has 1 unspecified atom stereocenters. The van der Waals surface area contributed by atoms with Gasteiger partial charge < -0.3 is 15.9 Å². The second kappa shape index (κ2) is 3.63. The second-order valence-electron chi connectivity index (χ2n) is 2.99. The molecule has 0 saturated heterocycles. The summed E-state index contributed by atoms with van der Waals surface area (Å²) in [5.41, 5.74) is 5.32. The van der Waals surface area contributed by atoms with E-state index < -0.39 is 29.1 Å². The molecular formula is C9H10FNO3. The number of benzene rings is 1. The fourth-order valence-electron chi connectivity index (χ4n) is 1.05. The van der Waals surface area contributed by atoms with Crippen molar-refractivity contribution >= 4 is 5.97 Å². The normalized spacial score (nSPS) is 12.5. The Balaban J connectivity index is 3.35. The van der Waals surface area contributed by atoms with Crippen LogP contribution in [0.2, 0.25) is 0 Å². The Hall–Kier alpha value is -1.62. The number of halogens is 1. The van der Waals surface area contributed by atoms with Crippen molar-refractivity contribution in [1.82, 2.24) is 0 Å². The Kier molecular flexibility index (Phi) is 2.71. The van der Waals surface area contributed by atoms with Crippen LogP contribution in [0.4, 0.5) is 4.39 Å². The lowest BCUT2D eigenvalue weighted by atomic mass is 10.0. The Labute approximate surface area is 79.8 Å². The van der Waals surface area contributed by atoms with Crippen LogP contribution in [0.3, 0.4) is 0 Å². The fourth-order valence-corrected chi connectivity index (χ4v) is 1.05. The molecule has 0 spiro atoms. The quantitative estimate of drug-likeness (QED) is 0.669. The number of carboxylic acid groups (broad SMARTS) is 1. The predicted molar refractivity (Wildman–Crippen MR) is 47.6 cm³/mol. The van der Waals surface area contributed by atoms with Gasteiger partial charge in [-0.1, -0.05) is 0 Å². The van der Waals surface area contributed by atoms with Gasteiger partial charge in [0, 0.05) is 6.04 Å². The number of rotatable bonds is 2. The summed E-state index contributed by atoms with van der Waals surface area (Å²) < 4.78 is 13.0. The Morgan fingerprint density at radius 3 is 2.57 bits per heavy atom. The van der Waals surface area contributed by atoms with Crippen molar-refractivity contribution in [2.75, 3.05) is 0 Å². The molecule has 0 aliphatic carbocycles. The molecule has 0 heterocycles. The summed E-state index contributed by atoms with van der Waals surface area (Å²) in [6.07, 6.45) is 0. The highest BCUT2D eigenvalue weighted by molar-refractivity contribution is 5.91. The highest BCUT2D eigenvalue weighted by atomic mass is 19.1. The van der Waals surface area contributed by atoms with E-state index >= 15 is 0 Å². The van der Waals surface area contributed by atoms with Gasteiger partial charge in [-0.05, 0) is 24.6 Å². The highest BCUT2D eigenvalue weighted by Gasteiger charge is 2.16. The summed E-state index contributed by atoms with van der Waals surface area (Å²) in [5, 5.41) is 17.7. The number of hydrogen-bond acceptors (Lipinski definition) is 3. The van der Waals surface area contributed by atoms with E-state index in [4.69, 9.17) is 15.9 Å². The summed E-state index contributed by atoms with van der Waals surface area (Å²) >= 11 is 0. The molecule has 0 aromatic heterocycles. The van der Waals surface area contributed by atoms with Crippen molar-refractivity contribution in [2.24, 2.45) is 5.73 Å². The molecule has 1 rings (SSSR count). The molecule has 1 aromatic rings. The van der Waals surface area contributed by atoms with Crippen molar-refractivity contribution in [3.05, 3.63) is 29.1 Å². The molecule has 1 aromatic carbocycles. The summed E-state index contributed by atoms with van der Waals surface area (Å²) in [7, 11) is 0. The van der Waals surface area contributed by atoms with E-state index in [1.165, 1.54) is 0 Å². The summed E-state index contributed by atoms with van der Waals surface area (Å²) in [6.45, 7) is 1.59. The van der Waals surface area contributed by atoms with Crippen LogP contribution < -0.4 is 5.73 Å². The molecule has 0 amide bonds. The minimum Gasteiger partial charge on any atom is -0.504 e. The largest absolute Gasteiger partial charge is 0.504 e. The van der Waals surface area contributed by atoms with Gasteiger partial charge >= 0.3 is 5.97 Å². The number of carbonyl (C=O) groups is 1. The van der Waals surface area contributed by atoms with Gasteiger partial charge in [0.25, 0.3) is 0 Å². The zero-order valence-electron chi connectivity index (χ0n) is 7.49. The first-order chi connectivity index (χ1) is 6.43. The van der Waals surface area contributed by atoms with Gasteiger partial charge in [0.1, 0.15) is 5.56 Å². The Morgan fingerprint density at radius 2 is 2.14 bits per heavy atom. The van der Waals surface area contributed by atoms with Crippen LogP contribution >= 0.6 is 0 Å². The number of phenols is 1. The standard InChI is InChI=1S/C9H10FNO3/c1-4(11)5-2-6(9(13)14)8(12)7(10)3-5/h2-4,12H,11H2,1H3,(H,13,14). The van der Waals surface area contributed by atoms with E-state index in [1.54, 1.807) is 6.92 Å². The molecular weight excluding hydrogens is 189 g/mol. The third kappa shape index (κ3) is 1.82. The van der Waals surface area contributed by atoms with Crippen LogP contribution in [-0.2, 0) is 0 Å². The first-order valence-corrected chi connectivity index (χ1v) is 3.94. The van der Waals surface area contributed by atoms with Gasteiger partial charge in [0.15, 0.2) is 11.6 Å². The topological polar surface area (TPSA) is 83.5 Å². The molecule has 5 heteroatoms. The molecule has 0 saturated carbocycles.